The average Bonchev–Trinajstić information content (AvgIpc) is 2.38. The lowest BCUT2D eigenvalue weighted by atomic mass is 10.1. The Morgan fingerprint density at radius 2 is 1.95 bits per heavy atom. The summed E-state index contributed by atoms with van der Waals surface area (Å²) in [5, 5.41) is 2.79. The maximum atomic E-state index is 12.0. The Kier molecular flexibility index (Phi) is 4.39. The predicted octanol–water partition coefficient (Wildman–Crippen LogP) is 2.87. The Hall–Kier alpha value is -1.88. The first-order chi connectivity index (χ1) is 9.45. The van der Waals surface area contributed by atoms with Gasteiger partial charge in [0.2, 0.25) is 5.91 Å². The van der Waals surface area contributed by atoms with Crippen molar-refractivity contribution < 1.29 is 4.79 Å². The summed E-state index contributed by atoms with van der Waals surface area (Å²) in [6.45, 7) is 4.00. The molecule has 0 spiro atoms. The summed E-state index contributed by atoms with van der Waals surface area (Å²) >= 11 is 3.28. The third-order valence-corrected chi connectivity index (χ3v) is 3.52. The second-order valence-corrected chi connectivity index (χ2v) is 5.58. The number of aryl methyl sites for hydroxylation is 2. The van der Waals surface area contributed by atoms with Crippen LogP contribution in [0, 0.1) is 13.8 Å². The molecule has 1 aromatic heterocycles. The molecule has 0 saturated heterocycles. The number of amides is 1. The molecule has 20 heavy (non-hydrogen) atoms. The van der Waals surface area contributed by atoms with Crippen LogP contribution in [0.5, 0.6) is 0 Å². The highest BCUT2D eigenvalue weighted by atomic mass is 79.9. The van der Waals surface area contributed by atoms with Crippen molar-refractivity contribution in [3.8, 4) is 0 Å². The van der Waals surface area contributed by atoms with Gasteiger partial charge >= 0.3 is 0 Å². The van der Waals surface area contributed by atoms with Crippen LogP contribution >= 0.6 is 15.9 Å². The van der Waals surface area contributed by atoms with Crippen LogP contribution in [-0.4, -0.2) is 10.5 Å². The molecule has 0 aliphatic carbocycles. The van der Waals surface area contributed by atoms with Crippen LogP contribution in [0.2, 0.25) is 0 Å². The number of carbonyl (C=O) groups excluding carboxylic acids is 1. The van der Waals surface area contributed by atoms with Crippen molar-refractivity contribution in [1.82, 2.24) is 4.57 Å². The summed E-state index contributed by atoms with van der Waals surface area (Å²) in [5.74, 6) is -0.228. The molecule has 2 rings (SSSR count). The molecule has 1 aromatic carbocycles. The number of anilines is 1. The summed E-state index contributed by atoms with van der Waals surface area (Å²) in [7, 11) is 0. The predicted molar refractivity (Wildman–Crippen MR) is 82.9 cm³/mol. The fourth-order valence-corrected chi connectivity index (χ4v) is 2.18. The molecule has 0 atom stereocenters. The maximum absolute atomic E-state index is 12.0. The molecular formula is C15H15BrN2O2. The minimum Gasteiger partial charge on any atom is -0.325 e. The molecule has 0 saturated carbocycles. The monoisotopic (exact) mass is 334 g/mol. The fourth-order valence-electron chi connectivity index (χ4n) is 1.80. The van der Waals surface area contributed by atoms with E-state index in [0.717, 1.165) is 15.7 Å². The van der Waals surface area contributed by atoms with Crippen LogP contribution in [0.15, 0.2) is 45.8 Å². The molecule has 4 nitrogen and oxygen atoms in total. The summed E-state index contributed by atoms with van der Waals surface area (Å²) in [4.78, 5) is 23.6. The molecule has 2 aromatic rings. The largest absolute Gasteiger partial charge is 0.325 e. The number of rotatable bonds is 3. The van der Waals surface area contributed by atoms with Gasteiger partial charge in [-0.1, -0.05) is 6.07 Å². The van der Waals surface area contributed by atoms with E-state index in [1.807, 2.05) is 32.0 Å². The maximum Gasteiger partial charge on any atom is 0.251 e. The third-order valence-electron chi connectivity index (χ3n) is 3.05. The first-order valence-electron chi connectivity index (χ1n) is 6.19. The Bertz CT molecular complexity index is 707. The Morgan fingerprint density at radius 3 is 2.65 bits per heavy atom. The van der Waals surface area contributed by atoms with Crippen molar-refractivity contribution in [2.24, 2.45) is 0 Å². The van der Waals surface area contributed by atoms with Gasteiger partial charge in [-0.2, -0.15) is 0 Å². The highest BCUT2D eigenvalue weighted by Crippen LogP contribution is 2.14. The van der Waals surface area contributed by atoms with E-state index in [9.17, 15) is 9.59 Å². The quantitative estimate of drug-likeness (QED) is 0.938. The van der Waals surface area contributed by atoms with Crippen LogP contribution in [0.4, 0.5) is 5.69 Å². The molecular weight excluding hydrogens is 320 g/mol. The number of halogens is 1. The standard InChI is InChI=1S/C15H15BrN2O2/c1-10-3-5-13(7-11(10)2)17-14(19)9-18-8-12(16)4-6-15(18)20/h3-8H,9H2,1-2H3,(H,17,19). The highest BCUT2D eigenvalue weighted by molar-refractivity contribution is 9.10. The topological polar surface area (TPSA) is 51.1 Å². The Labute approximate surface area is 125 Å². The number of hydrogen-bond donors (Lipinski definition) is 1. The highest BCUT2D eigenvalue weighted by Gasteiger charge is 2.06. The van der Waals surface area contributed by atoms with Crippen molar-refractivity contribution in [2.75, 3.05) is 5.32 Å². The molecule has 1 N–H and O–H groups in total. The molecule has 0 aliphatic heterocycles. The summed E-state index contributed by atoms with van der Waals surface area (Å²) < 4.78 is 2.12. The number of nitrogens with zero attached hydrogens (tertiary/aromatic N) is 1. The van der Waals surface area contributed by atoms with Crippen LogP contribution in [-0.2, 0) is 11.3 Å². The lowest BCUT2D eigenvalue weighted by Gasteiger charge is -2.09. The van der Waals surface area contributed by atoms with E-state index in [-0.39, 0.29) is 18.0 Å². The van der Waals surface area contributed by atoms with Crippen molar-refractivity contribution >= 4 is 27.5 Å². The van der Waals surface area contributed by atoms with Crippen molar-refractivity contribution in [3.63, 3.8) is 0 Å². The van der Waals surface area contributed by atoms with Gasteiger partial charge in [-0.25, -0.2) is 0 Å². The van der Waals surface area contributed by atoms with E-state index in [2.05, 4.69) is 21.2 Å². The number of benzene rings is 1. The number of hydrogen-bond acceptors (Lipinski definition) is 2. The molecule has 1 heterocycles. The molecule has 5 heteroatoms. The molecule has 0 fully saturated rings. The van der Waals surface area contributed by atoms with Gasteiger partial charge < -0.3 is 9.88 Å². The summed E-state index contributed by atoms with van der Waals surface area (Å²) in [6, 6.07) is 8.80. The van der Waals surface area contributed by atoms with Crippen LogP contribution < -0.4 is 10.9 Å². The van der Waals surface area contributed by atoms with Crippen molar-refractivity contribution in [2.45, 2.75) is 20.4 Å². The second-order valence-electron chi connectivity index (χ2n) is 4.66. The zero-order valence-electron chi connectivity index (χ0n) is 11.3. The van der Waals surface area contributed by atoms with Gasteiger partial charge in [0.25, 0.3) is 5.56 Å². The van der Waals surface area contributed by atoms with Gasteiger partial charge in [-0.05, 0) is 59.1 Å². The number of pyridine rings is 1. The fraction of sp³-hybridized carbons (Fsp3) is 0.200. The van der Waals surface area contributed by atoms with Crippen LogP contribution in [0.25, 0.3) is 0 Å². The molecule has 1 amide bonds. The van der Waals surface area contributed by atoms with E-state index < -0.39 is 0 Å². The zero-order chi connectivity index (χ0) is 14.7. The normalized spacial score (nSPS) is 10.3. The first-order valence-corrected chi connectivity index (χ1v) is 6.98. The SMILES string of the molecule is Cc1ccc(NC(=O)Cn2cc(Br)ccc2=O)cc1C. The minimum atomic E-state index is -0.228. The van der Waals surface area contributed by atoms with Crippen LogP contribution in [0.3, 0.4) is 0 Å². The van der Waals surface area contributed by atoms with Crippen molar-refractivity contribution in [1.29, 1.82) is 0 Å². The summed E-state index contributed by atoms with van der Waals surface area (Å²) in [5.41, 5.74) is 2.82. The Morgan fingerprint density at radius 1 is 1.20 bits per heavy atom. The lowest BCUT2D eigenvalue weighted by molar-refractivity contribution is -0.116. The van der Waals surface area contributed by atoms with E-state index in [1.165, 1.54) is 16.2 Å². The first kappa shape index (κ1) is 14.5. The van der Waals surface area contributed by atoms with Gasteiger partial charge in [0.1, 0.15) is 6.54 Å². The van der Waals surface area contributed by atoms with Gasteiger partial charge in [0.15, 0.2) is 0 Å². The average molecular weight is 335 g/mol. The van der Waals surface area contributed by atoms with Gasteiger partial charge in [0.05, 0.1) is 0 Å². The number of nitrogens with one attached hydrogen (secondary N) is 1. The van der Waals surface area contributed by atoms with Crippen molar-refractivity contribution in [3.05, 3.63) is 62.5 Å². The van der Waals surface area contributed by atoms with E-state index in [0.29, 0.717) is 0 Å². The molecule has 104 valence electrons. The van der Waals surface area contributed by atoms with Gasteiger partial charge in [0, 0.05) is 22.4 Å². The van der Waals surface area contributed by atoms with Gasteiger partial charge in [-0.15, -0.1) is 0 Å². The zero-order valence-corrected chi connectivity index (χ0v) is 12.9. The molecule has 0 unspecified atom stereocenters. The minimum absolute atomic E-state index is 0.00873. The third kappa shape index (κ3) is 3.57. The Balaban J connectivity index is 2.11. The second kappa shape index (κ2) is 6.05. The lowest BCUT2D eigenvalue weighted by Crippen LogP contribution is -2.26. The smallest absolute Gasteiger partial charge is 0.251 e. The van der Waals surface area contributed by atoms with E-state index >= 15 is 0 Å². The molecule has 0 radical (unpaired) electrons. The van der Waals surface area contributed by atoms with Crippen LogP contribution in [0.1, 0.15) is 11.1 Å². The number of carbonyl (C=O) groups is 1. The summed E-state index contributed by atoms with van der Waals surface area (Å²) in [6.07, 6.45) is 1.60. The van der Waals surface area contributed by atoms with E-state index in [4.69, 9.17) is 0 Å². The van der Waals surface area contributed by atoms with Gasteiger partial charge in [-0.3, -0.25) is 9.59 Å². The van der Waals surface area contributed by atoms with E-state index in [1.54, 1.807) is 12.3 Å². The number of aromatic nitrogens is 1. The molecule has 0 aliphatic rings. The molecule has 0 bridgehead atoms.